The van der Waals surface area contributed by atoms with Gasteiger partial charge in [-0.25, -0.2) is 9.97 Å². The summed E-state index contributed by atoms with van der Waals surface area (Å²) in [6.45, 7) is 0. The van der Waals surface area contributed by atoms with Crippen LogP contribution in [0.5, 0.6) is 0 Å². The molecule has 0 aliphatic rings. The van der Waals surface area contributed by atoms with Gasteiger partial charge in [0.25, 0.3) is 5.91 Å². The van der Waals surface area contributed by atoms with Crippen LogP contribution in [-0.2, 0) is 0 Å². The Morgan fingerprint density at radius 1 is 1.00 bits per heavy atom. The van der Waals surface area contributed by atoms with Gasteiger partial charge in [-0.2, -0.15) is 10.5 Å². The number of nitrogens with zero attached hydrogens (tertiary/aromatic N) is 4. The van der Waals surface area contributed by atoms with Crippen LogP contribution < -0.4 is 11.1 Å². The molecule has 0 spiro atoms. The fourth-order valence-electron chi connectivity index (χ4n) is 2.35. The Morgan fingerprint density at radius 2 is 1.63 bits per heavy atom. The number of rotatable bonds is 3. The van der Waals surface area contributed by atoms with Crippen LogP contribution in [0.2, 0.25) is 0 Å². The Bertz CT molecular complexity index is 1110. The lowest BCUT2D eigenvalue weighted by Crippen LogP contribution is -2.18. The van der Waals surface area contributed by atoms with E-state index >= 15 is 0 Å². The molecule has 1 heterocycles. The molecule has 3 rings (SSSR count). The Labute approximate surface area is 163 Å². The van der Waals surface area contributed by atoms with E-state index in [1.165, 1.54) is 0 Å². The highest BCUT2D eigenvalue weighted by atomic mass is 79.9. The fraction of sp³-hybridized carbons (Fsp3) is 0. The molecule has 0 atom stereocenters. The molecule has 0 fully saturated rings. The number of nitrogens with two attached hydrogens (primary N) is 1. The zero-order valence-corrected chi connectivity index (χ0v) is 15.4. The predicted molar refractivity (Wildman–Crippen MR) is 103 cm³/mol. The summed E-state index contributed by atoms with van der Waals surface area (Å²) in [4.78, 5) is 21.1. The van der Waals surface area contributed by atoms with Crippen molar-refractivity contribution in [3.8, 4) is 23.4 Å². The molecule has 3 aromatic rings. The number of benzene rings is 2. The van der Waals surface area contributed by atoms with E-state index in [9.17, 15) is 15.3 Å². The van der Waals surface area contributed by atoms with Crippen LogP contribution in [-0.4, -0.2) is 15.9 Å². The summed E-state index contributed by atoms with van der Waals surface area (Å²) in [5, 5.41) is 21.1. The number of amides is 1. The normalized spacial score (nSPS) is 9.89. The van der Waals surface area contributed by atoms with Crippen molar-refractivity contribution in [3.63, 3.8) is 0 Å². The molecule has 0 unspecified atom stereocenters. The first-order valence-corrected chi connectivity index (χ1v) is 8.47. The van der Waals surface area contributed by atoms with E-state index in [4.69, 9.17) is 5.73 Å². The van der Waals surface area contributed by atoms with Crippen molar-refractivity contribution < 1.29 is 4.79 Å². The SMILES string of the molecule is N#Cc1nc(C(=O)Nc2ccccc2N)c(-c2ccc(Br)cc2)nc1C#N. The number of nitrogen functional groups attached to an aromatic ring is 1. The second-order valence-corrected chi connectivity index (χ2v) is 6.31. The standard InChI is InChI=1S/C19H11BrN6O/c20-12-7-5-11(6-8-12)17-18(25-16(10-22)15(9-21)24-17)19(27)26-14-4-2-1-3-13(14)23/h1-8H,23H2,(H,26,27). The van der Waals surface area contributed by atoms with Gasteiger partial charge in [-0.15, -0.1) is 0 Å². The minimum atomic E-state index is -0.584. The predicted octanol–water partition coefficient (Wildman–Crippen LogP) is 3.48. The molecular formula is C19H11BrN6O. The second-order valence-electron chi connectivity index (χ2n) is 5.39. The van der Waals surface area contributed by atoms with Crippen LogP contribution in [0.4, 0.5) is 11.4 Å². The Balaban J connectivity index is 2.14. The van der Waals surface area contributed by atoms with Crippen LogP contribution in [0, 0.1) is 22.7 Å². The molecule has 27 heavy (non-hydrogen) atoms. The molecular weight excluding hydrogens is 408 g/mol. The number of carbonyl (C=O) groups excluding carboxylic acids is 1. The molecule has 3 N–H and O–H groups in total. The lowest BCUT2D eigenvalue weighted by atomic mass is 10.1. The van der Waals surface area contributed by atoms with E-state index in [1.807, 2.05) is 6.07 Å². The van der Waals surface area contributed by atoms with Crippen molar-refractivity contribution in [1.29, 1.82) is 10.5 Å². The number of aromatic nitrogens is 2. The maximum Gasteiger partial charge on any atom is 0.276 e. The largest absolute Gasteiger partial charge is 0.397 e. The number of nitrogens with one attached hydrogen (secondary N) is 1. The highest BCUT2D eigenvalue weighted by Gasteiger charge is 2.21. The van der Waals surface area contributed by atoms with E-state index in [-0.39, 0.29) is 22.8 Å². The summed E-state index contributed by atoms with van der Waals surface area (Å²) in [6, 6.07) is 17.4. The topological polar surface area (TPSA) is 128 Å². The maximum absolute atomic E-state index is 12.8. The lowest BCUT2D eigenvalue weighted by Gasteiger charge is -2.11. The van der Waals surface area contributed by atoms with Crippen molar-refractivity contribution in [2.24, 2.45) is 0 Å². The van der Waals surface area contributed by atoms with Crippen molar-refractivity contribution in [2.45, 2.75) is 0 Å². The maximum atomic E-state index is 12.8. The number of nitriles is 2. The summed E-state index contributed by atoms with van der Waals surface area (Å²) >= 11 is 3.34. The molecule has 0 radical (unpaired) electrons. The Kier molecular flexibility index (Phi) is 5.11. The van der Waals surface area contributed by atoms with E-state index in [0.29, 0.717) is 16.9 Å². The molecule has 1 amide bonds. The van der Waals surface area contributed by atoms with Crippen LogP contribution in [0.15, 0.2) is 53.0 Å². The average Bonchev–Trinajstić information content (AvgIpc) is 2.69. The van der Waals surface area contributed by atoms with Crippen molar-refractivity contribution in [1.82, 2.24) is 9.97 Å². The summed E-state index contributed by atoms with van der Waals surface area (Å²) in [6.07, 6.45) is 0. The Hall–Kier alpha value is -3.75. The minimum absolute atomic E-state index is 0.0730. The highest BCUT2D eigenvalue weighted by molar-refractivity contribution is 9.10. The van der Waals surface area contributed by atoms with Gasteiger partial charge in [0.2, 0.25) is 0 Å². The smallest absolute Gasteiger partial charge is 0.276 e. The molecule has 0 aliphatic carbocycles. The summed E-state index contributed by atoms with van der Waals surface area (Å²) in [5.41, 5.74) is 7.00. The monoisotopic (exact) mass is 418 g/mol. The number of para-hydroxylation sites is 2. The third-order valence-corrected chi connectivity index (χ3v) is 4.18. The quantitative estimate of drug-likeness (QED) is 0.626. The zero-order valence-electron chi connectivity index (χ0n) is 13.8. The van der Waals surface area contributed by atoms with Crippen LogP contribution in [0.25, 0.3) is 11.3 Å². The molecule has 0 saturated carbocycles. The molecule has 130 valence electrons. The molecule has 2 aromatic carbocycles. The summed E-state index contributed by atoms with van der Waals surface area (Å²) in [5.74, 6) is -0.584. The van der Waals surface area contributed by atoms with Gasteiger partial charge in [-0.05, 0) is 24.3 Å². The van der Waals surface area contributed by atoms with Gasteiger partial charge in [0.15, 0.2) is 17.1 Å². The van der Waals surface area contributed by atoms with E-state index in [0.717, 1.165) is 4.47 Å². The molecule has 7 nitrogen and oxygen atoms in total. The first kappa shape index (κ1) is 18.1. The first-order chi connectivity index (χ1) is 13.0. The van der Waals surface area contributed by atoms with Crippen LogP contribution in [0.3, 0.4) is 0 Å². The second kappa shape index (κ2) is 7.65. The minimum Gasteiger partial charge on any atom is -0.397 e. The Morgan fingerprint density at radius 3 is 2.26 bits per heavy atom. The van der Waals surface area contributed by atoms with Crippen LogP contribution >= 0.6 is 15.9 Å². The third-order valence-electron chi connectivity index (χ3n) is 3.65. The molecule has 0 saturated heterocycles. The van der Waals surface area contributed by atoms with Gasteiger partial charge in [0, 0.05) is 10.0 Å². The highest BCUT2D eigenvalue weighted by Crippen LogP contribution is 2.25. The first-order valence-electron chi connectivity index (χ1n) is 7.67. The molecule has 0 bridgehead atoms. The van der Waals surface area contributed by atoms with Crippen molar-refractivity contribution in [3.05, 3.63) is 70.1 Å². The van der Waals surface area contributed by atoms with Gasteiger partial charge in [-0.3, -0.25) is 4.79 Å². The van der Waals surface area contributed by atoms with Crippen LogP contribution in [0.1, 0.15) is 21.9 Å². The molecule has 1 aromatic heterocycles. The number of hydrogen-bond acceptors (Lipinski definition) is 6. The number of carbonyl (C=O) groups is 1. The fourth-order valence-corrected chi connectivity index (χ4v) is 2.62. The zero-order chi connectivity index (χ0) is 19.4. The van der Waals surface area contributed by atoms with Gasteiger partial charge in [0.1, 0.15) is 17.8 Å². The summed E-state index contributed by atoms with van der Waals surface area (Å²) < 4.78 is 0.844. The van der Waals surface area contributed by atoms with Crippen molar-refractivity contribution in [2.75, 3.05) is 11.1 Å². The lowest BCUT2D eigenvalue weighted by molar-refractivity contribution is 0.102. The molecule has 8 heteroatoms. The third kappa shape index (κ3) is 3.76. The van der Waals surface area contributed by atoms with Crippen molar-refractivity contribution >= 4 is 33.2 Å². The number of anilines is 2. The summed E-state index contributed by atoms with van der Waals surface area (Å²) in [7, 11) is 0. The van der Waals surface area contributed by atoms with E-state index < -0.39 is 5.91 Å². The molecule has 0 aliphatic heterocycles. The number of hydrogen-bond donors (Lipinski definition) is 2. The van der Waals surface area contributed by atoms with Gasteiger partial charge < -0.3 is 11.1 Å². The van der Waals surface area contributed by atoms with E-state index in [2.05, 4.69) is 31.2 Å². The van der Waals surface area contributed by atoms with Gasteiger partial charge >= 0.3 is 0 Å². The number of halogens is 1. The van der Waals surface area contributed by atoms with Gasteiger partial charge in [-0.1, -0.05) is 40.2 Å². The van der Waals surface area contributed by atoms with E-state index in [1.54, 1.807) is 54.6 Å². The average molecular weight is 419 g/mol. The van der Waals surface area contributed by atoms with Gasteiger partial charge in [0.05, 0.1) is 11.4 Å².